The highest BCUT2D eigenvalue weighted by Gasteiger charge is 2.30. The van der Waals surface area contributed by atoms with E-state index in [1.165, 1.54) is 0 Å². The lowest BCUT2D eigenvalue weighted by atomic mass is 10.1. The average molecular weight is 256 g/mol. The number of morpholine rings is 1. The van der Waals surface area contributed by atoms with E-state index < -0.39 is 0 Å². The van der Waals surface area contributed by atoms with Crippen LogP contribution in [0.4, 0.5) is 0 Å². The summed E-state index contributed by atoms with van der Waals surface area (Å²) in [5, 5.41) is 3.36. The quantitative estimate of drug-likeness (QED) is 0.821. The first-order valence-electron chi connectivity index (χ1n) is 7.28. The molecule has 4 nitrogen and oxygen atoms in total. The summed E-state index contributed by atoms with van der Waals surface area (Å²) in [7, 11) is 0. The number of ether oxygens (including phenoxy) is 2. The van der Waals surface area contributed by atoms with Gasteiger partial charge in [0, 0.05) is 19.6 Å². The molecule has 0 aliphatic carbocycles. The Balaban J connectivity index is 1.66. The summed E-state index contributed by atoms with van der Waals surface area (Å²) in [6, 6.07) is 0. The molecule has 0 saturated carbocycles. The molecule has 1 N–H and O–H groups in total. The lowest BCUT2D eigenvalue weighted by Gasteiger charge is -2.41. The van der Waals surface area contributed by atoms with Crippen LogP contribution in [0.1, 0.15) is 33.6 Å². The standard InChI is InChI=1S/C14H28N2O2/c1-12-10-16(11-14(2,3)18-12)8-9-17-13-4-6-15-7-5-13/h12-13,15H,4-11H2,1-3H3. The van der Waals surface area contributed by atoms with Gasteiger partial charge in [0.15, 0.2) is 0 Å². The van der Waals surface area contributed by atoms with E-state index in [2.05, 4.69) is 31.0 Å². The van der Waals surface area contributed by atoms with Crippen molar-refractivity contribution in [1.29, 1.82) is 0 Å². The molecule has 18 heavy (non-hydrogen) atoms. The Bertz CT molecular complexity index is 252. The summed E-state index contributed by atoms with van der Waals surface area (Å²) >= 11 is 0. The first kappa shape index (κ1) is 14.3. The lowest BCUT2D eigenvalue weighted by molar-refractivity contribution is -0.132. The van der Waals surface area contributed by atoms with Crippen molar-refractivity contribution in [1.82, 2.24) is 10.2 Å². The normalized spacial score (nSPS) is 30.5. The van der Waals surface area contributed by atoms with Gasteiger partial charge in [0.1, 0.15) is 0 Å². The van der Waals surface area contributed by atoms with Crippen LogP contribution in [0.2, 0.25) is 0 Å². The van der Waals surface area contributed by atoms with Crippen molar-refractivity contribution >= 4 is 0 Å². The van der Waals surface area contributed by atoms with Crippen molar-refractivity contribution in [3.8, 4) is 0 Å². The van der Waals surface area contributed by atoms with Crippen LogP contribution in [0.3, 0.4) is 0 Å². The third-order valence-electron chi connectivity index (χ3n) is 3.69. The van der Waals surface area contributed by atoms with Crippen molar-refractivity contribution in [2.24, 2.45) is 0 Å². The molecule has 0 aromatic rings. The molecule has 4 heteroatoms. The summed E-state index contributed by atoms with van der Waals surface area (Å²) in [5.41, 5.74) is -0.0214. The van der Waals surface area contributed by atoms with Crippen LogP contribution in [0.25, 0.3) is 0 Å². The molecule has 2 rings (SSSR count). The fourth-order valence-electron chi connectivity index (χ4n) is 3.07. The third kappa shape index (κ3) is 4.50. The van der Waals surface area contributed by atoms with Crippen molar-refractivity contribution in [2.75, 3.05) is 39.3 Å². The molecule has 2 heterocycles. The minimum atomic E-state index is -0.0214. The summed E-state index contributed by atoms with van der Waals surface area (Å²) in [5.74, 6) is 0. The first-order valence-corrected chi connectivity index (χ1v) is 7.28. The van der Waals surface area contributed by atoms with Crippen LogP contribution in [-0.2, 0) is 9.47 Å². The van der Waals surface area contributed by atoms with Crippen LogP contribution >= 0.6 is 0 Å². The largest absolute Gasteiger partial charge is 0.377 e. The Hall–Kier alpha value is -0.160. The molecule has 106 valence electrons. The Morgan fingerprint density at radius 1 is 1.33 bits per heavy atom. The molecule has 2 saturated heterocycles. The van der Waals surface area contributed by atoms with Gasteiger partial charge >= 0.3 is 0 Å². The van der Waals surface area contributed by atoms with Crippen LogP contribution in [0.5, 0.6) is 0 Å². The molecule has 0 spiro atoms. The lowest BCUT2D eigenvalue weighted by Crippen LogP contribution is -2.52. The van der Waals surface area contributed by atoms with Crippen molar-refractivity contribution in [3.63, 3.8) is 0 Å². The Morgan fingerprint density at radius 3 is 2.72 bits per heavy atom. The van der Waals surface area contributed by atoms with Gasteiger partial charge in [-0.3, -0.25) is 4.90 Å². The highest BCUT2D eigenvalue weighted by Crippen LogP contribution is 2.20. The number of nitrogens with zero attached hydrogens (tertiary/aromatic N) is 1. The third-order valence-corrected chi connectivity index (χ3v) is 3.69. The van der Waals surface area contributed by atoms with Gasteiger partial charge in [-0.2, -0.15) is 0 Å². The minimum Gasteiger partial charge on any atom is -0.377 e. The summed E-state index contributed by atoms with van der Waals surface area (Å²) < 4.78 is 11.9. The molecule has 2 aliphatic heterocycles. The molecule has 0 radical (unpaired) electrons. The zero-order valence-electron chi connectivity index (χ0n) is 12.1. The van der Waals surface area contributed by atoms with Crippen LogP contribution in [-0.4, -0.2) is 62.0 Å². The fraction of sp³-hybridized carbons (Fsp3) is 1.00. The van der Waals surface area contributed by atoms with Crippen LogP contribution < -0.4 is 5.32 Å². The predicted molar refractivity (Wildman–Crippen MR) is 72.9 cm³/mol. The van der Waals surface area contributed by atoms with Gasteiger partial charge in [0.05, 0.1) is 24.4 Å². The molecule has 2 aliphatic rings. The molecule has 0 aromatic carbocycles. The first-order chi connectivity index (χ1) is 8.55. The summed E-state index contributed by atoms with van der Waals surface area (Å²) in [6.07, 6.45) is 3.11. The van der Waals surface area contributed by atoms with Gasteiger partial charge in [-0.25, -0.2) is 0 Å². The van der Waals surface area contributed by atoms with Gasteiger partial charge in [0.2, 0.25) is 0 Å². The SMILES string of the molecule is CC1CN(CCOC2CCNCC2)CC(C)(C)O1. The minimum absolute atomic E-state index is 0.0214. The zero-order valence-corrected chi connectivity index (χ0v) is 12.1. The molecule has 0 aromatic heterocycles. The summed E-state index contributed by atoms with van der Waals surface area (Å²) in [6.45, 7) is 12.6. The fourth-order valence-corrected chi connectivity index (χ4v) is 3.07. The van der Waals surface area contributed by atoms with Crippen molar-refractivity contribution in [3.05, 3.63) is 0 Å². The Kier molecular flexibility index (Phi) is 5.01. The Labute approximate surface area is 111 Å². The molecule has 1 atom stereocenters. The number of hydrogen-bond donors (Lipinski definition) is 1. The highest BCUT2D eigenvalue weighted by atomic mass is 16.5. The topological polar surface area (TPSA) is 33.7 Å². The number of rotatable bonds is 4. The van der Waals surface area contributed by atoms with Crippen LogP contribution in [0.15, 0.2) is 0 Å². The second-order valence-corrected chi connectivity index (χ2v) is 6.24. The zero-order chi connectivity index (χ0) is 13.0. The van der Waals surface area contributed by atoms with Gasteiger partial charge in [0.25, 0.3) is 0 Å². The predicted octanol–water partition coefficient (Wildman–Crippen LogP) is 1.25. The summed E-state index contributed by atoms with van der Waals surface area (Å²) in [4.78, 5) is 2.47. The number of piperidine rings is 1. The van der Waals surface area contributed by atoms with Gasteiger partial charge in [-0.15, -0.1) is 0 Å². The maximum absolute atomic E-state index is 5.97. The van der Waals surface area contributed by atoms with E-state index in [-0.39, 0.29) is 5.60 Å². The maximum Gasteiger partial charge on any atom is 0.0757 e. The molecule has 2 fully saturated rings. The second kappa shape index (κ2) is 6.33. The van der Waals surface area contributed by atoms with Crippen LogP contribution in [0, 0.1) is 0 Å². The van der Waals surface area contributed by atoms with E-state index in [4.69, 9.17) is 9.47 Å². The van der Waals surface area contributed by atoms with E-state index >= 15 is 0 Å². The van der Waals surface area contributed by atoms with E-state index in [0.29, 0.717) is 12.2 Å². The molecule has 1 unspecified atom stereocenters. The van der Waals surface area contributed by atoms with E-state index in [1.807, 2.05) is 0 Å². The van der Waals surface area contributed by atoms with Crippen molar-refractivity contribution < 1.29 is 9.47 Å². The van der Waals surface area contributed by atoms with E-state index in [0.717, 1.165) is 52.2 Å². The van der Waals surface area contributed by atoms with Crippen molar-refractivity contribution in [2.45, 2.75) is 51.4 Å². The monoisotopic (exact) mass is 256 g/mol. The number of nitrogens with one attached hydrogen (secondary N) is 1. The van der Waals surface area contributed by atoms with Gasteiger partial charge in [-0.1, -0.05) is 0 Å². The number of hydrogen-bond acceptors (Lipinski definition) is 4. The highest BCUT2D eigenvalue weighted by molar-refractivity contribution is 4.82. The van der Waals surface area contributed by atoms with E-state index in [9.17, 15) is 0 Å². The Morgan fingerprint density at radius 2 is 2.06 bits per heavy atom. The maximum atomic E-state index is 5.97. The second-order valence-electron chi connectivity index (χ2n) is 6.24. The van der Waals surface area contributed by atoms with Gasteiger partial charge in [-0.05, 0) is 46.7 Å². The smallest absolute Gasteiger partial charge is 0.0757 e. The molecule has 0 amide bonds. The molecular weight excluding hydrogens is 228 g/mol. The molecule has 0 bridgehead atoms. The van der Waals surface area contributed by atoms with E-state index in [1.54, 1.807) is 0 Å². The molecular formula is C14H28N2O2. The average Bonchev–Trinajstić information content (AvgIpc) is 2.27. The van der Waals surface area contributed by atoms with Gasteiger partial charge < -0.3 is 14.8 Å².